The van der Waals surface area contributed by atoms with E-state index in [-0.39, 0.29) is 18.5 Å². The van der Waals surface area contributed by atoms with Crippen LogP contribution >= 0.6 is 11.8 Å². The summed E-state index contributed by atoms with van der Waals surface area (Å²) in [4.78, 5) is 21.5. The van der Waals surface area contributed by atoms with Crippen LogP contribution in [0.4, 0.5) is 0 Å². The molecule has 2 N–H and O–H groups in total. The van der Waals surface area contributed by atoms with Crippen molar-refractivity contribution >= 4 is 24.0 Å². The van der Waals surface area contributed by atoms with E-state index in [0.29, 0.717) is 6.29 Å². The Morgan fingerprint density at radius 1 is 1.57 bits per heavy atom. The van der Waals surface area contributed by atoms with Crippen LogP contribution in [0.3, 0.4) is 0 Å². The minimum Gasteiger partial charge on any atom is -0.348 e. The van der Waals surface area contributed by atoms with Gasteiger partial charge in [0.1, 0.15) is 6.29 Å². The highest BCUT2D eigenvalue weighted by atomic mass is 32.2. The number of hydrogen-bond donors (Lipinski definition) is 2. The quantitative estimate of drug-likeness (QED) is 0.565. The summed E-state index contributed by atoms with van der Waals surface area (Å²) < 4.78 is 0. The molecule has 0 saturated carbocycles. The SMILES string of the molecule is CCNC(CCSC)C(=O)NCC=O. The molecule has 82 valence electrons. The maximum atomic E-state index is 11.5. The first kappa shape index (κ1) is 13.4. The highest BCUT2D eigenvalue weighted by molar-refractivity contribution is 7.98. The van der Waals surface area contributed by atoms with Crippen molar-refractivity contribution in [2.75, 3.05) is 25.1 Å². The number of aldehydes is 1. The number of amides is 1. The van der Waals surface area contributed by atoms with Gasteiger partial charge in [-0.05, 0) is 25.0 Å². The fraction of sp³-hybridized carbons (Fsp3) is 0.778. The second-order valence-electron chi connectivity index (χ2n) is 2.80. The van der Waals surface area contributed by atoms with Crippen LogP contribution in [0.1, 0.15) is 13.3 Å². The van der Waals surface area contributed by atoms with Gasteiger partial charge in [0.15, 0.2) is 0 Å². The van der Waals surface area contributed by atoms with E-state index in [9.17, 15) is 9.59 Å². The Morgan fingerprint density at radius 2 is 2.29 bits per heavy atom. The van der Waals surface area contributed by atoms with Crippen molar-refractivity contribution in [3.05, 3.63) is 0 Å². The Bertz CT molecular complexity index is 176. The first-order valence-electron chi connectivity index (χ1n) is 4.69. The van der Waals surface area contributed by atoms with Gasteiger partial charge in [-0.15, -0.1) is 0 Å². The molecule has 0 aliphatic carbocycles. The van der Waals surface area contributed by atoms with Gasteiger partial charge in [-0.3, -0.25) is 4.79 Å². The number of carbonyl (C=O) groups is 2. The van der Waals surface area contributed by atoms with Crippen molar-refractivity contribution in [2.45, 2.75) is 19.4 Å². The van der Waals surface area contributed by atoms with E-state index in [4.69, 9.17) is 0 Å². The summed E-state index contributed by atoms with van der Waals surface area (Å²) in [6.07, 6.45) is 3.49. The lowest BCUT2D eigenvalue weighted by Gasteiger charge is -2.15. The number of hydrogen-bond acceptors (Lipinski definition) is 4. The van der Waals surface area contributed by atoms with Crippen LogP contribution < -0.4 is 10.6 Å². The van der Waals surface area contributed by atoms with Crippen molar-refractivity contribution in [3.8, 4) is 0 Å². The molecular weight excluding hydrogens is 200 g/mol. The molecule has 0 fully saturated rings. The van der Waals surface area contributed by atoms with E-state index in [1.807, 2.05) is 13.2 Å². The average molecular weight is 218 g/mol. The molecule has 1 atom stereocenters. The fourth-order valence-electron chi connectivity index (χ4n) is 1.07. The van der Waals surface area contributed by atoms with Gasteiger partial charge in [0.2, 0.25) is 5.91 Å². The highest BCUT2D eigenvalue weighted by Crippen LogP contribution is 2.00. The van der Waals surface area contributed by atoms with Gasteiger partial charge < -0.3 is 15.4 Å². The largest absolute Gasteiger partial charge is 0.348 e. The second kappa shape index (κ2) is 9.02. The molecule has 4 nitrogen and oxygen atoms in total. The lowest BCUT2D eigenvalue weighted by molar-refractivity contribution is -0.124. The summed E-state index contributed by atoms with van der Waals surface area (Å²) in [6, 6.07) is -0.174. The standard InChI is InChI=1S/C9H18N2O2S/c1-3-10-8(4-7-14-2)9(13)11-5-6-12/h6,8,10H,3-5,7H2,1-2H3,(H,11,13). The molecule has 0 heterocycles. The molecule has 0 rings (SSSR count). The first-order valence-corrected chi connectivity index (χ1v) is 6.09. The van der Waals surface area contributed by atoms with Crippen LogP contribution in [0.25, 0.3) is 0 Å². The van der Waals surface area contributed by atoms with Gasteiger partial charge in [0.05, 0.1) is 12.6 Å². The molecule has 1 amide bonds. The molecule has 0 aliphatic heterocycles. The number of likely N-dealkylation sites (N-methyl/N-ethyl adjacent to an activating group) is 1. The lowest BCUT2D eigenvalue weighted by atomic mass is 10.2. The normalized spacial score (nSPS) is 12.1. The highest BCUT2D eigenvalue weighted by Gasteiger charge is 2.15. The topological polar surface area (TPSA) is 58.2 Å². The Balaban J connectivity index is 3.89. The maximum Gasteiger partial charge on any atom is 0.237 e. The molecule has 14 heavy (non-hydrogen) atoms. The molecule has 0 bridgehead atoms. The van der Waals surface area contributed by atoms with Crippen LogP contribution in [0.2, 0.25) is 0 Å². The summed E-state index contributed by atoms with van der Waals surface area (Å²) >= 11 is 1.71. The third-order valence-electron chi connectivity index (χ3n) is 1.74. The van der Waals surface area contributed by atoms with Crippen LogP contribution in [-0.4, -0.2) is 43.3 Å². The predicted octanol–water partition coefficient (Wildman–Crippen LogP) is 0.0327. The molecule has 0 spiro atoms. The van der Waals surface area contributed by atoms with E-state index in [0.717, 1.165) is 18.7 Å². The number of rotatable bonds is 8. The number of carbonyl (C=O) groups excluding carboxylic acids is 2. The second-order valence-corrected chi connectivity index (χ2v) is 3.79. The van der Waals surface area contributed by atoms with E-state index < -0.39 is 0 Å². The number of nitrogens with one attached hydrogen (secondary N) is 2. The zero-order valence-corrected chi connectivity index (χ0v) is 9.52. The molecule has 0 aromatic heterocycles. The minimum atomic E-state index is -0.174. The summed E-state index contributed by atoms with van der Waals surface area (Å²) in [5.74, 6) is 0.847. The molecular formula is C9H18N2O2S. The van der Waals surface area contributed by atoms with E-state index in [2.05, 4.69) is 10.6 Å². The van der Waals surface area contributed by atoms with Crippen LogP contribution in [0.15, 0.2) is 0 Å². The van der Waals surface area contributed by atoms with Gasteiger partial charge in [-0.25, -0.2) is 0 Å². The van der Waals surface area contributed by atoms with Crippen molar-refractivity contribution < 1.29 is 9.59 Å². The van der Waals surface area contributed by atoms with E-state index in [1.54, 1.807) is 11.8 Å². The Kier molecular flexibility index (Phi) is 8.67. The molecule has 5 heteroatoms. The smallest absolute Gasteiger partial charge is 0.237 e. The van der Waals surface area contributed by atoms with Gasteiger partial charge in [0, 0.05) is 0 Å². The number of thioether (sulfide) groups is 1. The lowest BCUT2D eigenvalue weighted by Crippen LogP contribution is -2.45. The Morgan fingerprint density at radius 3 is 2.79 bits per heavy atom. The maximum absolute atomic E-state index is 11.5. The zero-order chi connectivity index (χ0) is 10.8. The van der Waals surface area contributed by atoms with Crippen LogP contribution in [-0.2, 0) is 9.59 Å². The summed E-state index contributed by atoms with van der Waals surface area (Å²) in [5.41, 5.74) is 0. The monoisotopic (exact) mass is 218 g/mol. The summed E-state index contributed by atoms with van der Waals surface area (Å²) in [5, 5.41) is 5.63. The van der Waals surface area contributed by atoms with Gasteiger partial charge in [-0.1, -0.05) is 6.92 Å². The Hall–Kier alpha value is -0.550. The molecule has 1 unspecified atom stereocenters. The average Bonchev–Trinajstić information content (AvgIpc) is 2.20. The van der Waals surface area contributed by atoms with Crippen molar-refractivity contribution in [1.82, 2.24) is 10.6 Å². The van der Waals surface area contributed by atoms with Crippen molar-refractivity contribution in [1.29, 1.82) is 0 Å². The molecule has 0 aromatic rings. The summed E-state index contributed by atoms with van der Waals surface area (Å²) in [6.45, 7) is 2.81. The Labute approximate surface area is 89.2 Å². The van der Waals surface area contributed by atoms with Crippen molar-refractivity contribution in [2.24, 2.45) is 0 Å². The fourth-order valence-corrected chi connectivity index (χ4v) is 1.54. The minimum absolute atomic E-state index is 0.0898. The molecule has 0 saturated heterocycles. The molecule has 0 aliphatic rings. The van der Waals surface area contributed by atoms with Crippen LogP contribution in [0, 0.1) is 0 Å². The van der Waals surface area contributed by atoms with Crippen LogP contribution in [0.5, 0.6) is 0 Å². The predicted molar refractivity (Wildman–Crippen MR) is 59.5 cm³/mol. The molecule has 0 radical (unpaired) electrons. The van der Waals surface area contributed by atoms with E-state index in [1.165, 1.54) is 0 Å². The third kappa shape index (κ3) is 5.99. The molecule has 0 aromatic carbocycles. The summed E-state index contributed by atoms with van der Waals surface area (Å²) in [7, 11) is 0. The van der Waals surface area contributed by atoms with E-state index >= 15 is 0 Å². The van der Waals surface area contributed by atoms with Gasteiger partial charge >= 0.3 is 0 Å². The van der Waals surface area contributed by atoms with Gasteiger partial charge in [-0.2, -0.15) is 11.8 Å². The first-order chi connectivity index (χ1) is 6.76. The third-order valence-corrected chi connectivity index (χ3v) is 2.38. The zero-order valence-electron chi connectivity index (χ0n) is 8.71. The van der Waals surface area contributed by atoms with Gasteiger partial charge in [0.25, 0.3) is 0 Å². The van der Waals surface area contributed by atoms with Crippen molar-refractivity contribution in [3.63, 3.8) is 0 Å².